The van der Waals surface area contributed by atoms with Gasteiger partial charge in [-0.1, -0.05) is 35.9 Å². The number of hydrogen-bond donors (Lipinski definition) is 2. The van der Waals surface area contributed by atoms with E-state index in [4.69, 9.17) is 4.74 Å². The molecule has 0 radical (unpaired) electrons. The largest absolute Gasteiger partial charge is 0.497 e. The Balaban J connectivity index is 1.58. The number of aromatic nitrogens is 1. The van der Waals surface area contributed by atoms with E-state index in [9.17, 15) is 4.79 Å². The molecular formula is C21H21N3O2. The molecule has 0 unspecified atom stereocenters. The number of benzene rings is 2. The fraction of sp³-hybridized carbons (Fsp3) is 0.143. The van der Waals surface area contributed by atoms with Crippen LogP contribution < -0.4 is 15.4 Å². The molecule has 0 aliphatic rings. The van der Waals surface area contributed by atoms with E-state index in [1.54, 1.807) is 43.6 Å². The molecule has 3 aromatic rings. The van der Waals surface area contributed by atoms with Crippen LogP contribution in [0.4, 0.5) is 11.5 Å². The van der Waals surface area contributed by atoms with Crippen LogP contribution in [0.3, 0.4) is 0 Å². The lowest BCUT2D eigenvalue weighted by atomic mass is 10.1. The molecule has 3 rings (SSSR count). The second-order valence-corrected chi connectivity index (χ2v) is 5.96. The molecule has 1 heterocycles. The number of ether oxygens (including phenoxy) is 1. The molecule has 1 aromatic heterocycles. The summed E-state index contributed by atoms with van der Waals surface area (Å²) in [7, 11) is 1.57. The van der Waals surface area contributed by atoms with Crippen molar-refractivity contribution in [3.63, 3.8) is 0 Å². The van der Waals surface area contributed by atoms with Gasteiger partial charge in [0.25, 0.3) is 5.91 Å². The Labute approximate surface area is 153 Å². The van der Waals surface area contributed by atoms with Gasteiger partial charge in [-0.2, -0.15) is 0 Å². The van der Waals surface area contributed by atoms with Crippen LogP contribution in [0.2, 0.25) is 0 Å². The molecule has 0 aliphatic carbocycles. The molecular weight excluding hydrogens is 326 g/mol. The van der Waals surface area contributed by atoms with Gasteiger partial charge in [-0.3, -0.25) is 4.79 Å². The number of pyridine rings is 1. The Bertz CT molecular complexity index is 875. The first-order valence-corrected chi connectivity index (χ1v) is 8.35. The normalized spacial score (nSPS) is 10.2. The van der Waals surface area contributed by atoms with Gasteiger partial charge in [0.05, 0.1) is 19.0 Å². The third kappa shape index (κ3) is 4.60. The molecule has 0 saturated heterocycles. The van der Waals surface area contributed by atoms with E-state index in [-0.39, 0.29) is 5.91 Å². The monoisotopic (exact) mass is 347 g/mol. The van der Waals surface area contributed by atoms with Crippen molar-refractivity contribution in [1.82, 2.24) is 4.98 Å². The Morgan fingerprint density at radius 3 is 2.58 bits per heavy atom. The van der Waals surface area contributed by atoms with Crippen LogP contribution in [0, 0.1) is 6.92 Å². The average Bonchev–Trinajstić information content (AvgIpc) is 2.68. The molecule has 26 heavy (non-hydrogen) atoms. The number of hydrogen-bond acceptors (Lipinski definition) is 4. The minimum Gasteiger partial charge on any atom is -0.497 e. The van der Waals surface area contributed by atoms with Gasteiger partial charge in [0, 0.05) is 12.1 Å². The summed E-state index contributed by atoms with van der Waals surface area (Å²) in [4.78, 5) is 16.6. The van der Waals surface area contributed by atoms with E-state index in [0.29, 0.717) is 17.1 Å². The molecule has 0 fully saturated rings. The maximum atomic E-state index is 12.3. The highest BCUT2D eigenvalue weighted by molar-refractivity contribution is 6.04. The lowest BCUT2D eigenvalue weighted by Gasteiger charge is -2.09. The molecule has 0 spiro atoms. The maximum Gasteiger partial charge on any atom is 0.256 e. The van der Waals surface area contributed by atoms with Crippen molar-refractivity contribution in [2.24, 2.45) is 0 Å². The van der Waals surface area contributed by atoms with Gasteiger partial charge in [0.15, 0.2) is 0 Å². The Hall–Kier alpha value is -3.34. The van der Waals surface area contributed by atoms with Crippen LogP contribution in [0.15, 0.2) is 66.9 Å². The SMILES string of the molecule is COc1cccc(C(=O)Nc2ccc(NCc3ccc(C)cc3)cn2)c1. The van der Waals surface area contributed by atoms with Crippen LogP contribution in [-0.4, -0.2) is 18.0 Å². The topological polar surface area (TPSA) is 63.2 Å². The van der Waals surface area contributed by atoms with Gasteiger partial charge in [0.2, 0.25) is 0 Å². The lowest BCUT2D eigenvalue weighted by molar-refractivity contribution is 0.102. The second-order valence-electron chi connectivity index (χ2n) is 5.96. The van der Waals surface area contributed by atoms with Crippen molar-refractivity contribution in [2.45, 2.75) is 13.5 Å². The predicted octanol–water partition coefficient (Wildman–Crippen LogP) is 4.26. The summed E-state index contributed by atoms with van der Waals surface area (Å²) in [5, 5.41) is 6.10. The molecule has 0 atom stereocenters. The zero-order chi connectivity index (χ0) is 18.4. The predicted molar refractivity (Wildman–Crippen MR) is 104 cm³/mol. The molecule has 2 aromatic carbocycles. The molecule has 5 heteroatoms. The van der Waals surface area contributed by atoms with Gasteiger partial charge < -0.3 is 15.4 Å². The summed E-state index contributed by atoms with van der Waals surface area (Å²) in [6.07, 6.45) is 1.70. The standard InChI is InChI=1S/C21H21N3O2/c1-15-6-8-16(9-7-15)13-22-18-10-11-20(23-14-18)24-21(25)17-4-3-5-19(12-17)26-2/h3-12,14,22H,13H2,1-2H3,(H,23,24,25). The van der Waals surface area contributed by atoms with E-state index in [2.05, 4.69) is 46.8 Å². The lowest BCUT2D eigenvalue weighted by Crippen LogP contribution is -2.13. The number of amides is 1. The van der Waals surface area contributed by atoms with E-state index >= 15 is 0 Å². The number of aryl methyl sites for hydroxylation is 1. The molecule has 0 aliphatic heterocycles. The molecule has 132 valence electrons. The van der Waals surface area contributed by atoms with Crippen LogP contribution in [0.5, 0.6) is 5.75 Å². The van der Waals surface area contributed by atoms with Gasteiger partial charge in [-0.15, -0.1) is 0 Å². The van der Waals surface area contributed by atoms with Gasteiger partial charge >= 0.3 is 0 Å². The van der Waals surface area contributed by atoms with E-state index in [1.165, 1.54) is 11.1 Å². The number of rotatable bonds is 6. The van der Waals surface area contributed by atoms with Crippen LogP contribution in [0.1, 0.15) is 21.5 Å². The molecule has 2 N–H and O–H groups in total. The number of nitrogens with zero attached hydrogens (tertiary/aromatic N) is 1. The number of anilines is 2. The third-order valence-corrected chi connectivity index (χ3v) is 3.95. The summed E-state index contributed by atoms with van der Waals surface area (Å²) in [6.45, 7) is 2.79. The van der Waals surface area contributed by atoms with E-state index < -0.39 is 0 Å². The van der Waals surface area contributed by atoms with Crippen molar-refractivity contribution in [2.75, 3.05) is 17.7 Å². The fourth-order valence-corrected chi connectivity index (χ4v) is 2.44. The van der Waals surface area contributed by atoms with Gasteiger partial charge in [-0.05, 0) is 42.8 Å². The zero-order valence-electron chi connectivity index (χ0n) is 14.8. The van der Waals surface area contributed by atoms with E-state index in [0.717, 1.165) is 12.2 Å². The Kier molecular flexibility index (Phi) is 5.49. The highest BCUT2D eigenvalue weighted by atomic mass is 16.5. The van der Waals surface area contributed by atoms with Gasteiger partial charge in [0.1, 0.15) is 11.6 Å². The number of carbonyl (C=O) groups excluding carboxylic acids is 1. The summed E-state index contributed by atoms with van der Waals surface area (Å²) in [5.74, 6) is 0.914. The minimum absolute atomic E-state index is 0.225. The molecule has 0 bridgehead atoms. The zero-order valence-corrected chi connectivity index (χ0v) is 14.8. The fourth-order valence-electron chi connectivity index (χ4n) is 2.44. The highest BCUT2D eigenvalue weighted by Crippen LogP contribution is 2.15. The first kappa shape index (κ1) is 17.5. The third-order valence-electron chi connectivity index (χ3n) is 3.95. The van der Waals surface area contributed by atoms with Crippen molar-refractivity contribution in [3.8, 4) is 5.75 Å². The van der Waals surface area contributed by atoms with Gasteiger partial charge in [-0.25, -0.2) is 4.98 Å². The maximum absolute atomic E-state index is 12.3. The van der Waals surface area contributed by atoms with Crippen LogP contribution >= 0.6 is 0 Å². The second kappa shape index (κ2) is 8.16. The number of methoxy groups -OCH3 is 1. The van der Waals surface area contributed by atoms with E-state index in [1.807, 2.05) is 6.07 Å². The van der Waals surface area contributed by atoms with Crippen LogP contribution in [-0.2, 0) is 6.54 Å². The van der Waals surface area contributed by atoms with Crippen LogP contribution in [0.25, 0.3) is 0 Å². The molecule has 5 nitrogen and oxygen atoms in total. The quantitative estimate of drug-likeness (QED) is 0.699. The summed E-state index contributed by atoms with van der Waals surface area (Å²) in [5.41, 5.74) is 3.86. The minimum atomic E-state index is -0.225. The highest BCUT2D eigenvalue weighted by Gasteiger charge is 2.08. The van der Waals surface area contributed by atoms with Crippen molar-refractivity contribution in [1.29, 1.82) is 0 Å². The number of carbonyl (C=O) groups is 1. The number of nitrogens with one attached hydrogen (secondary N) is 2. The first-order valence-electron chi connectivity index (χ1n) is 8.35. The summed E-state index contributed by atoms with van der Waals surface area (Å²) < 4.78 is 5.14. The Morgan fingerprint density at radius 1 is 1.08 bits per heavy atom. The smallest absolute Gasteiger partial charge is 0.256 e. The van der Waals surface area contributed by atoms with Crippen molar-refractivity contribution in [3.05, 3.63) is 83.6 Å². The summed E-state index contributed by atoms with van der Waals surface area (Å²) >= 11 is 0. The summed E-state index contributed by atoms with van der Waals surface area (Å²) in [6, 6.07) is 19.0. The molecule has 1 amide bonds. The average molecular weight is 347 g/mol. The Morgan fingerprint density at radius 2 is 1.88 bits per heavy atom. The molecule has 0 saturated carbocycles. The first-order chi connectivity index (χ1) is 12.6. The van der Waals surface area contributed by atoms with Crippen molar-refractivity contribution >= 4 is 17.4 Å². The van der Waals surface area contributed by atoms with Crippen molar-refractivity contribution < 1.29 is 9.53 Å².